The highest BCUT2D eigenvalue weighted by atomic mass is 32.2. The third-order valence-electron chi connectivity index (χ3n) is 5.63. The Bertz CT molecular complexity index is 1420. The molecule has 0 aliphatic rings. The molecular weight excluding hydrogens is 436 g/mol. The summed E-state index contributed by atoms with van der Waals surface area (Å²) in [6.45, 7) is 6.19. The van der Waals surface area contributed by atoms with Crippen LogP contribution in [0.2, 0.25) is 0 Å². The van der Waals surface area contributed by atoms with E-state index in [2.05, 4.69) is 26.2 Å². The maximum absolute atomic E-state index is 13.0. The molecule has 33 heavy (non-hydrogen) atoms. The first-order valence-corrected chi connectivity index (χ1v) is 12.2. The molecule has 0 radical (unpaired) electrons. The molecule has 0 bridgehead atoms. The molecule has 0 amide bonds. The number of hydrogen-bond acceptors (Lipinski definition) is 4. The van der Waals surface area contributed by atoms with Gasteiger partial charge in [-0.25, -0.2) is 13.2 Å². The predicted molar refractivity (Wildman–Crippen MR) is 131 cm³/mol. The van der Waals surface area contributed by atoms with Crippen LogP contribution in [0.5, 0.6) is 0 Å². The van der Waals surface area contributed by atoms with Crippen LogP contribution in [-0.2, 0) is 15.3 Å². The average Bonchev–Trinajstić information content (AvgIpc) is 3.12. The Kier molecular flexibility index (Phi) is 5.76. The second kappa shape index (κ2) is 8.41. The molecule has 1 heterocycles. The lowest BCUT2D eigenvalue weighted by Crippen LogP contribution is -2.26. The Morgan fingerprint density at radius 1 is 0.909 bits per heavy atom. The number of aromatic nitrogens is 1. The minimum Gasteiger partial charge on any atom is -0.476 e. The normalized spacial score (nSPS) is 12.1. The number of nitrogens with one attached hydrogen (secondary N) is 1. The number of hydrogen-bond donors (Lipinski definition) is 2. The molecule has 0 aliphatic carbocycles. The van der Waals surface area contributed by atoms with E-state index < -0.39 is 21.7 Å². The topological polar surface area (TPSA) is 88.4 Å². The van der Waals surface area contributed by atoms with Gasteiger partial charge in [-0.2, -0.15) is 0 Å². The highest BCUT2D eigenvalue weighted by Crippen LogP contribution is 2.34. The van der Waals surface area contributed by atoms with Crippen molar-refractivity contribution in [1.29, 1.82) is 0 Å². The number of aromatic carboxylic acids is 1. The van der Waals surface area contributed by atoms with Crippen molar-refractivity contribution < 1.29 is 18.3 Å². The lowest BCUT2D eigenvalue weighted by molar-refractivity contribution is 0.0688. The van der Waals surface area contributed by atoms with Gasteiger partial charge >= 0.3 is 5.97 Å². The number of carbonyl (C=O) groups is 1. The summed E-state index contributed by atoms with van der Waals surface area (Å²) >= 11 is 0. The maximum atomic E-state index is 13.0. The average molecular weight is 463 g/mol. The highest BCUT2D eigenvalue weighted by Gasteiger charge is 2.25. The van der Waals surface area contributed by atoms with E-state index in [0.29, 0.717) is 11.1 Å². The van der Waals surface area contributed by atoms with Crippen molar-refractivity contribution in [3.8, 4) is 11.1 Å². The van der Waals surface area contributed by atoms with Crippen molar-refractivity contribution in [3.63, 3.8) is 0 Å². The third kappa shape index (κ3) is 4.36. The van der Waals surface area contributed by atoms with Gasteiger partial charge in [0.1, 0.15) is 5.88 Å². The van der Waals surface area contributed by atoms with E-state index in [0.717, 1.165) is 16.5 Å². The molecule has 0 aliphatic heterocycles. The van der Waals surface area contributed by atoms with Crippen LogP contribution in [0.1, 0.15) is 36.8 Å². The summed E-state index contributed by atoms with van der Waals surface area (Å²) in [7, 11) is -3.71. The molecule has 0 atom stereocenters. The molecule has 0 unspecified atom stereocenters. The van der Waals surface area contributed by atoms with E-state index >= 15 is 0 Å². The van der Waals surface area contributed by atoms with Crippen LogP contribution in [0, 0.1) is 0 Å². The molecule has 1 aromatic heterocycles. The Hall–Kier alpha value is -3.58. The minimum absolute atomic E-state index is 0.0133. The van der Waals surface area contributed by atoms with Gasteiger partial charge in [-0.1, -0.05) is 81.4 Å². The van der Waals surface area contributed by atoms with Gasteiger partial charge in [-0.3, -0.25) is 4.68 Å². The van der Waals surface area contributed by atoms with Crippen molar-refractivity contribution in [3.05, 3.63) is 90.1 Å². The number of benzene rings is 3. The quantitative estimate of drug-likeness (QED) is 0.407. The van der Waals surface area contributed by atoms with Crippen molar-refractivity contribution in [1.82, 2.24) is 4.68 Å². The van der Waals surface area contributed by atoms with Crippen molar-refractivity contribution in [2.75, 3.05) is 11.3 Å². The van der Waals surface area contributed by atoms with Gasteiger partial charge in [0.25, 0.3) is 0 Å². The monoisotopic (exact) mass is 462 g/mol. The van der Waals surface area contributed by atoms with Crippen LogP contribution < -0.4 is 5.43 Å². The molecule has 4 rings (SSSR count). The fourth-order valence-electron chi connectivity index (χ4n) is 3.90. The molecule has 0 fully saturated rings. The number of carboxylic acids is 1. The molecule has 6 nitrogen and oxygen atoms in total. The van der Waals surface area contributed by atoms with Crippen LogP contribution in [0.3, 0.4) is 0 Å². The zero-order chi connectivity index (χ0) is 23.8. The maximum Gasteiger partial charge on any atom is 0.355 e. The van der Waals surface area contributed by atoms with Gasteiger partial charge in [-0.15, -0.1) is 0 Å². The van der Waals surface area contributed by atoms with Crippen molar-refractivity contribution in [2.45, 2.75) is 31.1 Å². The van der Waals surface area contributed by atoms with Crippen molar-refractivity contribution in [2.24, 2.45) is 0 Å². The number of sulfone groups is 1. The molecule has 2 N–H and O–H groups in total. The molecule has 0 spiro atoms. The second-order valence-electron chi connectivity index (χ2n) is 8.94. The predicted octanol–water partition coefficient (Wildman–Crippen LogP) is 5.28. The molecule has 0 saturated carbocycles. The van der Waals surface area contributed by atoms with Gasteiger partial charge in [0.15, 0.2) is 15.5 Å². The van der Waals surface area contributed by atoms with Gasteiger partial charge < -0.3 is 10.5 Å². The van der Waals surface area contributed by atoms with Crippen LogP contribution in [0.15, 0.2) is 83.8 Å². The summed E-state index contributed by atoms with van der Waals surface area (Å²) in [5, 5.41) is 10.8. The molecule has 170 valence electrons. The molecule has 7 heteroatoms. The lowest BCUT2D eigenvalue weighted by atomic mass is 9.87. The lowest BCUT2D eigenvalue weighted by Gasteiger charge is -2.19. The summed E-state index contributed by atoms with van der Waals surface area (Å²) in [6.07, 6.45) is 0. The Labute approximate surface area is 193 Å². The number of carboxylic acid groups (broad SMARTS) is 1. The summed E-state index contributed by atoms with van der Waals surface area (Å²) in [5.74, 6) is -1.60. The second-order valence-corrected chi connectivity index (χ2v) is 10.9. The summed E-state index contributed by atoms with van der Waals surface area (Å²) in [5.41, 5.74) is 5.66. The molecular formula is C26H26N2O4S. The van der Waals surface area contributed by atoms with Crippen LogP contribution in [-0.4, -0.2) is 30.0 Å². The number of rotatable bonds is 6. The first-order valence-electron chi connectivity index (χ1n) is 10.6. The fraction of sp³-hybridized carbons (Fsp3) is 0.192. The molecule has 4 aromatic rings. The Balaban J connectivity index is 1.75. The van der Waals surface area contributed by atoms with E-state index in [4.69, 9.17) is 0 Å². The van der Waals surface area contributed by atoms with E-state index in [1.807, 2.05) is 54.6 Å². The summed E-state index contributed by atoms with van der Waals surface area (Å²) in [4.78, 5) is 12.5. The van der Waals surface area contributed by atoms with Gasteiger partial charge in [0, 0.05) is 10.9 Å². The Morgan fingerprint density at radius 2 is 1.52 bits per heavy atom. The van der Waals surface area contributed by atoms with Crippen molar-refractivity contribution >= 4 is 26.7 Å². The SMILES string of the molecule is CC(C)(C)c1ccc(S(=O)(=O)CNn2c(C(=O)O)c(-c3ccccc3)c3ccccc32)cc1. The number of fused-ring (bicyclic) bond motifs is 1. The van der Waals surface area contributed by atoms with Crippen LogP contribution >= 0.6 is 0 Å². The zero-order valence-electron chi connectivity index (χ0n) is 18.7. The summed E-state index contributed by atoms with van der Waals surface area (Å²) < 4.78 is 27.4. The Morgan fingerprint density at radius 3 is 2.12 bits per heavy atom. The van der Waals surface area contributed by atoms with Crippen LogP contribution in [0.4, 0.5) is 0 Å². The van der Waals surface area contributed by atoms with Gasteiger partial charge in [0.05, 0.1) is 10.4 Å². The molecule has 3 aromatic carbocycles. The highest BCUT2D eigenvalue weighted by molar-refractivity contribution is 7.91. The smallest absolute Gasteiger partial charge is 0.355 e. The first-order chi connectivity index (χ1) is 15.6. The van der Waals surface area contributed by atoms with E-state index in [9.17, 15) is 18.3 Å². The van der Waals surface area contributed by atoms with Gasteiger partial charge in [0.2, 0.25) is 0 Å². The summed E-state index contributed by atoms with van der Waals surface area (Å²) in [6, 6.07) is 23.3. The third-order valence-corrected chi connectivity index (χ3v) is 7.13. The van der Waals surface area contributed by atoms with Gasteiger partial charge in [-0.05, 0) is 34.7 Å². The largest absolute Gasteiger partial charge is 0.476 e. The standard InChI is InChI=1S/C26H26N2O4S/c1-26(2,3)19-13-15-20(16-14-19)33(31,32)17-27-28-22-12-8-7-11-21(22)23(24(28)25(29)30)18-9-5-4-6-10-18/h4-16,27H,17H2,1-3H3,(H,29,30). The number of para-hydroxylation sites is 1. The first kappa shape index (κ1) is 22.6. The fourth-order valence-corrected chi connectivity index (χ4v) is 4.92. The minimum atomic E-state index is -3.71. The van der Waals surface area contributed by atoms with E-state index in [1.54, 1.807) is 24.3 Å². The van der Waals surface area contributed by atoms with E-state index in [1.165, 1.54) is 4.68 Å². The number of nitrogens with zero attached hydrogens (tertiary/aromatic N) is 1. The zero-order valence-corrected chi connectivity index (χ0v) is 19.6. The molecule has 0 saturated heterocycles. The van der Waals surface area contributed by atoms with Crippen LogP contribution in [0.25, 0.3) is 22.0 Å². The van der Waals surface area contributed by atoms with E-state index in [-0.39, 0.29) is 16.0 Å².